The first-order valence-electron chi connectivity index (χ1n) is 11.3. The van der Waals surface area contributed by atoms with E-state index in [1.807, 2.05) is 60.7 Å². The molecular weight excluding hydrogens is 460 g/mol. The molecule has 0 bridgehead atoms. The highest BCUT2D eigenvalue weighted by molar-refractivity contribution is 5.90. The van der Waals surface area contributed by atoms with Gasteiger partial charge < -0.3 is 24.6 Å². The predicted molar refractivity (Wildman–Crippen MR) is 133 cm³/mol. The smallest absolute Gasteiger partial charge is 0.316 e. The minimum absolute atomic E-state index is 0.157. The summed E-state index contributed by atoms with van der Waals surface area (Å²) in [6.07, 6.45) is 0. The number of ether oxygens (including phenoxy) is 2. The van der Waals surface area contributed by atoms with Crippen LogP contribution in [0.25, 0.3) is 11.4 Å². The van der Waals surface area contributed by atoms with Crippen molar-refractivity contribution in [3.63, 3.8) is 0 Å². The number of amides is 2. The highest BCUT2D eigenvalue weighted by atomic mass is 16.5. The van der Waals surface area contributed by atoms with Gasteiger partial charge in [0.05, 0.1) is 20.1 Å². The van der Waals surface area contributed by atoms with E-state index < -0.39 is 11.8 Å². The van der Waals surface area contributed by atoms with Crippen LogP contribution in [0, 0.1) is 0 Å². The molecule has 4 rings (SSSR count). The number of nitrogens with one attached hydrogen (secondary N) is 2. The summed E-state index contributed by atoms with van der Waals surface area (Å²) < 4.78 is 15.6. The number of hydrogen-bond donors (Lipinski definition) is 2. The molecule has 1 heterocycles. The van der Waals surface area contributed by atoms with Gasteiger partial charge in [0.2, 0.25) is 11.7 Å². The Hall–Kier alpha value is -4.66. The van der Waals surface area contributed by atoms with E-state index >= 15 is 0 Å². The first-order chi connectivity index (χ1) is 17.6. The number of benzene rings is 3. The van der Waals surface area contributed by atoms with Gasteiger partial charge in [-0.1, -0.05) is 65.8 Å². The fraction of sp³-hybridized carbons (Fsp3) is 0.185. The summed E-state index contributed by atoms with van der Waals surface area (Å²) in [6, 6.07) is 24.3. The van der Waals surface area contributed by atoms with Crippen LogP contribution in [0.1, 0.15) is 27.7 Å². The number of nitrogens with zero attached hydrogens (tertiary/aromatic N) is 2. The maximum absolute atomic E-state index is 13.0. The molecule has 9 nitrogen and oxygen atoms in total. The van der Waals surface area contributed by atoms with Crippen molar-refractivity contribution < 1.29 is 23.6 Å². The van der Waals surface area contributed by atoms with Gasteiger partial charge in [0, 0.05) is 18.7 Å². The zero-order valence-electron chi connectivity index (χ0n) is 19.9. The quantitative estimate of drug-likeness (QED) is 0.330. The Morgan fingerprint density at radius 1 is 0.833 bits per heavy atom. The molecule has 2 amide bonds. The molecule has 1 aromatic heterocycles. The highest BCUT2D eigenvalue weighted by Crippen LogP contribution is 2.31. The van der Waals surface area contributed by atoms with Crippen molar-refractivity contribution in [1.29, 1.82) is 0 Å². The summed E-state index contributed by atoms with van der Waals surface area (Å²) in [5, 5.41) is 9.45. The number of carbonyl (C=O) groups is 2. The molecule has 0 saturated carbocycles. The van der Waals surface area contributed by atoms with Crippen molar-refractivity contribution in [1.82, 2.24) is 20.8 Å². The van der Waals surface area contributed by atoms with Crippen LogP contribution < -0.4 is 20.1 Å². The molecule has 184 valence electrons. The van der Waals surface area contributed by atoms with Crippen molar-refractivity contribution >= 4 is 11.8 Å². The first kappa shape index (κ1) is 24.5. The second kappa shape index (κ2) is 11.7. The Bertz CT molecular complexity index is 1270. The van der Waals surface area contributed by atoms with Crippen LogP contribution in [-0.4, -0.2) is 49.3 Å². The molecule has 4 aromatic rings. The molecule has 0 saturated heterocycles. The predicted octanol–water partition coefficient (Wildman–Crippen LogP) is 3.43. The van der Waals surface area contributed by atoms with E-state index in [2.05, 4.69) is 20.8 Å². The molecule has 36 heavy (non-hydrogen) atoms. The molecule has 2 N–H and O–H groups in total. The summed E-state index contributed by atoms with van der Waals surface area (Å²) in [4.78, 5) is 29.7. The molecule has 0 atom stereocenters. The van der Waals surface area contributed by atoms with E-state index in [-0.39, 0.29) is 30.7 Å². The highest BCUT2D eigenvalue weighted by Gasteiger charge is 2.22. The lowest BCUT2D eigenvalue weighted by molar-refractivity contribution is -0.121. The van der Waals surface area contributed by atoms with Crippen LogP contribution in [-0.2, 0) is 4.79 Å². The molecule has 0 aliphatic heterocycles. The van der Waals surface area contributed by atoms with Gasteiger partial charge in [0.1, 0.15) is 0 Å². The minimum atomic E-state index is -0.536. The molecule has 0 spiro atoms. The molecule has 0 aliphatic rings. The van der Waals surface area contributed by atoms with Crippen molar-refractivity contribution in [3.8, 4) is 22.9 Å². The summed E-state index contributed by atoms with van der Waals surface area (Å²) in [7, 11) is 3.07. The average molecular weight is 487 g/mol. The Morgan fingerprint density at radius 2 is 1.44 bits per heavy atom. The van der Waals surface area contributed by atoms with Gasteiger partial charge in [0.25, 0.3) is 0 Å². The lowest BCUT2D eigenvalue weighted by Crippen LogP contribution is -2.37. The number of carbonyl (C=O) groups excluding carboxylic acids is 2. The molecule has 0 fully saturated rings. The SMILES string of the molecule is COc1ccc(-c2noc(C(=O)NCCNC(=O)C(c3ccccc3)c3ccccc3)n2)cc1OC. The molecule has 3 aromatic carbocycles. The molecule has 9 heteroatoms. The third-order valence-corrected chi connectivity index (χ3v) is 5.50. The number of methoxy groups -OCH3 is 2. The van der Waals surface area contributed by atoms with Gasteiger partial charge in [-0.25, -0.2) is 0 Å². The van der Waals surface area contributed by atoms with E-state index in [9.17, 15) is 9.59 Å². The van der Waals surface area contributed by atoms with E-state index in [1.165, 1.54) is 7.11 Å². The van der Waals surface area contributed by atoms with Crippen LogP contribution in [0.15, 0.2) is 83.4 Å². The summed E-state index contributed by atoms with van der Waals surface area (Å²) in [5.74, 6) is -0.0256. The van der Waals surface area contributed by atoms with Gasteiger partial charge in [-0.2, -0.15) is 4.98 Å². The van der Waals surface area contributed by atoms with Crippen molar-refractivity contribution in [2.24, 2.45) is 0 Å². The van der Waals surface area contributed by atoms with Crippen LogP contribution in [0.5, 0.6) is 11.5 Å². The van der Waals surface area contributed by atoms with Crippen LogP contribution in [0.4, 0.5) is 0 Å². The second-order valence-electron chi connectivity index (χ2n) is 7.79. The van der Waals surface area contributed by atoms with Gasteiger partial charge in [-0.05, 0) is 29.3 Å². The van der Waals surface area contributed by atoms with Crippen molar-refractivity contribution in [2.75, 3.05) is 27.3 Å². The zero-order chi connectivity index (χ0) is 25.3. The maximum atomic E-state index is 13.0. The normalized spacial score (nSPS) is 10.6. The van der Waals surface area contributed by atoms with E-state index in [4.69, 9.17) is 14.0 Å². The molecule has 0 aliphatic carbocycles. The zero-order valence-corrected chi connectivity index (χ0v) is 19.9. The van der Waals surface area contributed by atoms with Gasteiger partial charge in [-0.3, -0.25) is 9.59 Å². The lowest BCUT2D eigenvalue weighted by Gasteiger charge is -2.18. The van der Waals surface area contributed by atoms with Crippen LogP contribution in [0.3, 0.4) is 0 Å². The van der Waals surface area contributed by atoms with Gasteiger partial charge in [0.15, 0.2) is 11.5 Å². The third kappa shape index (κ3) is 5.69. The summed E-state index contributed by atoms with van der Waals surface area (Å²) >= 11 is 0. The van der Waals surface area contributed by atoms with E-state index in [1.54, 1.807) is 25.3 Å². The molecule has 0 unspecified atom stereocenters. The van der Waals surface area contributed by atoms with Gasteiger partial charge in [-0.15, -0.1) is 0 Å². The largest absolute Gasteiger partial charge is 0.493 e. The Morgan fingerprint density at radius 3 is 2.06 bits per heavy atom. The summed E-state index contributed by atoms with van der Waals surface area (Å²) in [6.45, 7) is 0.423. The van der Waals surface area contributed by atoms with E-state index in [0.29, 0.717) is 17.1 Å². The Labute approximate surface area is 208 Å². The van der Waals surface area contributed by atoms with Gasteiger partial charge >= 0.3 is 11.8 Å². The number of hydrogen-bond acceptors (Lipinski definition) is 7. The maximum Gasteiger partial charge on any atom is 0.316 e. The fourth-order valence-electron chi connectivity index (χ4n) is 3.73. The Kier molecular flexibility index (Phi) is 7.92. The summed E-state index contributed by atoms with van der Waals surface area (Å²) in [5.41, 5.74) is 2.38. The fourth-order valence-corrected chi connectivity index (χ4v) is 3.73. The lowest BCUT2D eigenvalue weighted by atomic mass is 9.90. The average Bonchev–Trinajstić information content (AvgIpc) is 3.42. The standard InChI is InChI=1S/C27H26N4O5/c1-34-21-14-13-20(17-22(21)35-2)24-30-27(36-31-24)26(33)29-16-15-28-25(32)23(18-9-5-3-6-10-18)19-11-7-4-8-12-19/h3-14,17,23H,15-16H2,1-2H3,(H,28,32)(H,29,33). The second-order valence-corrected chi connectivity index (χ2v) is 7.79. The molecule has 0 radical (unpaired) electrons. The van der Waals surface area contributed by atoms with E-state index in [0.717, 1.165) is 11.1 Å². The molecular formula is C27H26N4O5. The first-order valence-corrected chi connectivity index (χ1v) is 11.3. The van der Waals surface area contributed by atoms with Crippen molar-refractivity contribution in [3.05, 3.63) is 95.9 Å². The monoisotopic (exact) mass is 486 g/mol. The Balaban J connectivity index is 1.34. The third-order valence-electron chi connectivity index (χ3n) is 5.50. The minimum Gasteiger partial charge on any atom is -0.493 e. The van der Waals surface area contributed by atoms with Crippen LogP contribution >= 0.6 is 0 Å². The number of rotatable bonds is 10. The number of aromatic nitrogens is 2. The van der Waals surface area contributed by atoms with Crippen LogP contribution in [0.2, 0.25) is 0 Å². The van der Waals surface area contributed by atoms with Crippen molar-refractivity contribution in [2.45, 2.75) is 5.92 Å². The topological polar surface area (TPSA) is 116 Å².